The van der Waals surface area contributed by atoms with Gasteiger partial charge in [-0.25, -0.2) is 0 Å². The second-order valence-electron chi connectivity index (χ2n) is 10.3. The molecule has 1 atom stereocenters. The quantitative estimate of drug-likeness (QED) is 0.283. The van der Waals surface area contributed by atoms with Crippen LogP contribution in [0.2, 0.25) is 0 Å². The lowest BCUT2D eigenvalue weighted by Crippen LogP contribution is -2.31. The largest absolute Gasteiger partial charge is 0.439 e. The molecule has 5 rings (SSSR count). The van der Waals surface area contributed by atoms with Crippen molar-refractivity contribution in [3.63, 3.8) is 0 Å². The van der Waals surface area contributed by atoms with Crippen LogP contribution in [0.25, 0.3) is 11.1 Å². The summed E-state index contributed by atoms with van der Waals surface area (Å²) in [5.41, 5.74) is 6.52. The molecule has 1 heterocycles. The van der Waals surface area contributed by atoms with E-state index in [0.717, 1.165) is 22.0 Å². The van der Waals surface area contributed by atoms with E-state index in [-0.39, 0.29) is 5.41 Å². The van der Waals surface area contributed by atoms with Gasteiger partial charge in [-0.2, -0.15) is 0 Å². The van der Waals surface area contributed by atoms with Crippen molar-refractivity contribution >= 4 is 12.7 Å². The summed E-state index contributed by atoms with van der Waals surface area (Å²) in [5.74, 6) is 0.689. The molecule has 2 nitrogen and oxygen atoms in total. The van der Waals surface area contributed by atoms with Crippen LogP contribution in [0.5, 0.6) is 5.75 Å². The maximum Gasteiger partial charge on any atom is 0.287 e. The Hall–Kier alpha value is -3.09. The monoisotopic (exact) mass is 466 g/mol. The summed E-state index contributed by atoms with van der Waals surface area (Å²) in [4.78, 5) is 0. The fourth-order valence-electron chi connectivity index (χ4n) is 4.93. The summed E-state index contributed by atoms with van der Waals surface area (Å²) in [6.07, 6.45) is 0. The maximum absolute atomic E-state index is 14.9. The first-order valence-electron chi connectivity index (χ1n) is 11.8. The molecule has 0 amide bonds. The van der Waals surface area contributed by atoms with Gasteiger partial charge in [-0.1, -0.05) is 104 Å². The SMILES string of the molecule is Cc1ccc(C(C)(C)c2cccc(C(C)(C)P3(=O)Oc4ccccc4-c4ccccc43)c2)cc1. The molecule has 1 aliphatic heterocycles. The predicted octanol–water partition coefficient (Wildman–Crippen LogP) is 8.22. The fourth-order valence-corrected chi connectivity index (χ4v) is 7.56. The summed E-state index contributed by atoms with van der Waals surface area (Å²) >= 11 is 0. The van der Waals surface area contributed by atoms with E-state index in [2.05, 4.69) is 89.2 Å². The molecular formula is C31H31O2P. The van der Waals surface area contributed by atoms with Crippen molar-refractivity contribution in [2.24, 2.45) is 0 Å². The number of hydrogen-bond acceptors (Lipinski definition) is 2. The number of aryl methyl sites for hydroxylation is 1. The van der Waals surface area contributed by atoms with Gasteiger partial charge in [0.2, 0.25) is 0 Å². The Labute approximate surface area is 203 Å². The van der Waals surface area contributed by atoms with E-state index in [1.165, 1.54) is 16.7 Å². The highest BCUT2D eigenvalue weighted by Crippen LogP contribution is 2.66. The van der Waals surface area contributed by atoms with Crippen LogP contribution >= 0.6 is 7.37 Å². The Bertz CT molecular complexity index is 1410. The highest BCUT2D eigenvalue weighted by Gasteiger charge is 2.49. The normalized spacial score (nSPS) is 17.4. The second kappa shape index (κ2) is 8.00. The van der Waals surface area contributed by atoms with Gasteiger partial charge in [0.25, 0.3) is 7.37 Å². The molecule has 4 aromatic rings. The molecule has 0 aromatic heterocycles. The molecule has 0 fully saturated rings. The van der Waals surface area contributed by atoms with Crippen LogP contribution in [-0.2, 0) is 15.1 Å². The van der Waals surface area contributed by atoms with Crippen molar-refractivity contribution < 1.29 is 9.09 Å². The van der Waals surface area contributed by atoms with Crippen LogP contribution in [0.3, 0.4) is 0 Å². The Morgan fingerprint density at radius 2 is 1.26 bits per heavy atom. The summed E-state index contributed by atoms with van der Waals surface area (Å²) in [6, 6.07) is 33.1. The van der Waals surface area contributed by atoms with Crippen molar-refractivity contribution in [2.75, 3.05) is 0 Å². The first kappa shape index (κ1) is 22.7. The van der Waals surface area contributed by atoms with Crippen LogP contribution in [0.1, 0.15) is 49.9 Å². The lowest BCUT2D eigenvalue weighted by atomic mass is 9.77. The minimum atomic E-state index is -3.31. The number of fused-ring (bicyclic) bond motifs is 3. The fraction of sp³-hybridized carbons (Fsp3) is 0.226. The van der Waals surface area contributed by atoms with E-state index >= 15 is 0 Å². The Kier molecular flexibility index (Phi) is 5.34. The Morgan fingerprint density at radius 3 is 2.00 bits per heavy atom. The van der Waals surface area contributed by atoms with Gasteiger partial charge < -0.3 is 4.52 Å². The third-order valence-electron chi connectivity index (χ3n) is 7.43. The molecule has 3 heteroatoms. The molecular weight excluding hydrogens is 435 g/mol. The predicted molar refractivity (Wildman–Crippen MR) is 143 cm³/mol. The van der Waals surface area contributed by atoms with Gasteiger partial charge in [-0.3, -0.25) is 4.57 Å². The van der Waals surface area contributed by atoms with Gasteiger partial charge in [-0.15, -0.1) is 0 Å². The molecule has 0 saturated heterocycles. The van der Waals surface area contributed by atoms with Crippen LogP contribution in [0, 0.1) is 6.92 Å². The molecule has 1 unspecified atom stereocenters. The van der Waals surface area contributed by atoms with Gasteiger partial charge in [0, 0.05) is 11.0 Å². The van der Waals surface area contributed by atoms with E-state index < -0.39 is 12.5 Å². The topological polar surface area (TPSA) is 26.3 Å². The molecule has 0 aliphatic carbocycles. The van der Waals surface area contributed by atoms with Crippen LogP contribution in [-0.4, -0.2) is 0 Å². The standard InChI is InChI=1S/C31H31O2P/c1-22-17-19-23(20-18-22)30(2,3)24-11-10-12-25(21-24)31(4,5)34(32)29-16-9-7-14-27(29)26-13-6-8-15-28(26)33-34/h6-21H,1-5H3. The molecule has 4 aromatic carbocycles. The van der Waals surface area contributed by atoms with Crippen LogP contribution < -0.4 is 9.83 Å². The molecule has 0 radical (unpaired) electrons. The minimum absolute atomic E-state index is 0.188. The Morgan fingerprint density at radius 1 is 0.647 bits per heavy atom. The van der Waals surface area contributed by atoms with Crippen molar-refractivity contribution in [2.45, 2.75) is 45.2 Å². The third kappa shape index (κ3) is 3.44. The van der Waals surface area contributed by atoms with Gasteiger partial charge in [0.05, 0.1) is 10.5 Å². The van der Waals surface area contributed by atoms with Crippen molar-refractivity contribution in [1.82, 2.24) is 0 Å². The van der Waals surface area contributed by atoms with Crippen LogP contribution in [0.15, 0.2) is 97.1 Å². The van der Waals surface area contributed by atoms with Gasteiger partial charge in [-0.05, 0) is 55.2 Å². The zero-order valence-electron chi connectivity index (χ0n) is 20.5. The van der Waals surface area contributed by atoms with E-state index in [9.17, 15) is 4.57 Å². The number of para-hydroxylation sites is 1. The van der Waals surface area contributed by atoms with Crippen LogP contribution in [0.4, 0.5) is 0 Å². The summed E-state index contributed by atoms with van der Waals surface area (Å²) in [7, 11) is -3.31. The third-order valence-corrected chi connectivity index (χ3v) is 10.6. The molecule has 0 spiro atoms. The maximum atomic E-state index is 14.9. The highest BCUT2D eigenvalue weighted by molar-refractivity contribution is 7.68. The minimum Gasteiger partial charge on any atom is -0.439 e. The Balaban J connectivity index is 1.63. The zero-order valence-corrected chi connectivity index (χ0v) is 21.4. The summed E-state index contributed by atoms with van der Waals surface area (Å²) < 4.78 is 21.3. The molecule has 172 valence electrons. The molecule has 0 N–H and O–H groups in total. The molecule has 0 bridgehead atoms. The zero-order chi connectivity index (χ0) is 24.1. The lowest BCUT2D eigenvalue weighted by Gasteiger charge is -2.39. The van der Waals surface area contributed by atoms with Gasteiger partial charge >= 0.3 is 0 Å². The number of hydrogen-bond donors (Lipinski definition) is 0. The van der Waals surface area contributed by atoms with Gasteiger partial charge in [0.1, 0.15) is 5.75 Å². The second-order valence-corrected chi connectivity index (χ2v) is 13.2. The molecule has 34 heavy (non-hydrogen) atoms. The summed E-state index contributed by atoms with van der Waals surface area (Å²) in [5, 5.41) is 0.0672. The summed E-state index contributed by atoms with van der Waals surface area (Å²) in [6.45, 7) is 10.7. The molecule has 0 saturated carbocycles. The number of benzene rings is 4. The van der Waals surface area contributed by atoms with Crippen molar-refractivity contribution in [3.8, 4) is 16.9 Å². The molecule has 1 aliphatic rings. The van der Waals surface area contributed by atoms with E-state index in [4.69, 9.17) is 4.52 Å². The van der Waals surface area contributed by atoms with E-state index in [1.54, 1.807) is 0 Å². The first-order valence-corrected chi connectivity index (χ1v) is 13.4. The average molecular weight is 467 g/mol. The first-order chi connectivity index (χ1) is 16.1. The van der Waals surface area contributed by atoms with Crippen molar-refractivity contribution in [3.05, 3.63) is 119 Å². The van der Waals surface area contributed by atoms with Gasteiger partial charge in [0.15, 0.2) is 0 Å². The average Bonchev–Trinajstić information content (AvgIpc) is 2.84. The lowest BCUT2D eigenvalue weighted by molar-refractivity contribution is 0.456. The van der Waals surface area contributed by atoms with E-state index in [0.29, 0.717) is 5.75 Å². The van der Waals surface area contributed by atoms with E-state index in [1.807, 2.05) is 42.5 Å². The number of rotatable bonds is 4. The highest BCUT2D eigenvalue weighted by atomic mass is 31.2. The smallest absolute Gasteiger partial charge is 0.287 e. The van der Waals surface area contributed by atoms with Crippen molar-refractivity contribution in [1.29, 1.82) is 0 Å².